The highest BCUT2D eigenvalue weighted by atomic mass is 19.4. The van der Waals surface area contributed by atoms with Gasteiger partial charge in [0.1, 0.15) is 17.7 Å². The average Bonchev–Trinajstić information content (AvgIpc) is 3.18. The quantitative estimate of drug-likeness (QED) is 0.415. The number of rotatable bonds is 5. The summed E-state index contributed by atoms with van der Waals surface area (Å²) in [6.07, 6.45) is 0.952. The number of piperidine rings is 1. The number of nitrogens with one attached hydrogen (secondary N) is 1. The summed E-state index contributed by atoms with van der Waals surface area (Å²) in [6.45, 7) is 4.62. The number of aromatic amines is 1. The largest absolute Gasteiger partial charge is 0.418 e. The van der Waals surface area contributed by atoms with E-state index in [9.17, 15) is 18.0 Å². The number of nitrogens with zero attached hydrogens (tertiary/aromatic N) is 5. The van der Waals surface area contributed by atoms with Gasteiger partial charge in [-0.3, -0.25) is 14.3 Å². The molecule has 0 bridgehead atoms. The van der Waals surface area contributed by atoms with Crippen molar-refractivity contribution >= 4 is 10.9 Å². The van der Waals surface area contributed by atoms with Crippen molar-refractivity contribution in [2.45, 2.75) is 44.3 Å². The lowest BCUT2D eigenvalue weighted by molar-refractivity contribution is -0.136. The molecule has 0 spiro atoms. The summed E-state index contributed by atoms with van der Waals surface area (Å²) in [6, 6.07) is 8.78. The Hall–Kier alpha value is -3.40. The third-order valence-corrected chi connectivity index (χ3v) is 8.82. The first-order valence-electron chi connectivity index (χ1n) is 13.1. The van der Waals surface area contributed by atoms with Gasteiger partial charge >= 0.3 is 6.18 Å². The second-order valence-electron chi connectivity index (χ2n) is 11.7. The predicted molar refractivity (Wildman–Crippen MR) is 136 cm³/mol. The molecular formula is C28H29F3N6O. The van der Waals surface area contributed by atoms with Crippen LogP contribution in [0.3, 0.4) is 0 Å². The fourth-order valence-corrected chi connectivity index (χ4v) is 6.98. The van der Waals surface area contributed by atoms with Crippen molar-refractivity contribution in [2.75, 3.05) is 13.1 Å². The Balaban J connectivity index is 1.33. The molecule has 1 aliphatic heterocycles. The molecule has 7 nitrogen and oxygen atoms in total. The van der Waals surface area contributed by atoms with E-state index in [0.717, 1.165) is 59.9 Å². The molecule has 3 aliphatic rings. The van der Waals surface area contributed by atoms with Crippen LogP contribution in [0.2, 0.25) is 0 Å². The van der Waals surface area contributed by atoms with Gasteiger partial charge in [-0.15, -0.1) is 10.2 Å². The molecule has 2 aliphatic carbocycles. The van der Waals surface area contributed by atoms with Gasteiger partial charge in [0.05, 0.1) is 11.0 Å². The van der Waals surface area contributed by atoms with E-state index in [-0.39, 0.29) is 10.9 Å². The van der Waals surface area contributed by atoms with E-state index >= 15 is 0 Å². The average molecular weight is 523 g/mol. The summed E-state index contributed by atoms with van der Waals surface area (Å²) in [7, 11) is 1.89. The van der Waals surface area contributed by atoms with Gasteiger partial charge in [0.15, 0.2) is 0 Å². The SMILES string of the molecule is CC1CC(c2cccc(-n3cc(C(F)(F)F)c4cc(CN5CC6CC6C5)[nH]c4c3=O)c2)(c2nncn2C)C1. The second-order valence-corrected chi connectivity index (χ2v) is 11.7. The minimum absolute atomic E-state index is 0.00938. The molecule has 3 fully saturated rings. The van der Waals surface area contributed by atoms with E-state index < -0.39 is 22.7 Å². The first-order chi connectivity index (χ1) is 18.1. The third-order valence-electron chi connectivity index (χ3n) is 8.82. The summed E-state index contributed by atoms with van der Waals surface area (Å²) >= 11 is 0. The molecule has 4 aromatic rings. The van der Waals surface area contributed by atoms with Gasteiger partial charge in [0.25, 0.3) is 5.56 Å². The molecule has 7 rings (SSSR count). The molecule has 3 aromatic heterocycles. The molecule has 10 heteroatoms. The molecule has 1 saturated heterocycles. The van der Waals surface area contributed by atoms with Crippen LogP contribution < -0.4 is 5.56 Å². The zero-order valence-corrected chi connectivity index (χ0v) is 21.3. The first kappa shape index (κ1) is 23.7. The molecular weight excluding hydrogens is 493 g/mol. The molecule has 38 heavy (non-hydrogen) atoms. The van der Waals surface area contributed by atoms with Crippen LogP contribution in [0.5, 0.6) is 0 Å². The van der Waals surface area contributed by atoms with Gasteiger partial charge in [-0.2, -0.15) is 13.2 Å². The Morgan fingerprint density at radius 1 is 1.16 bits per heavy atom. The van der Waals surface area contributed by atoms with E-state index in [0.29, 0.717) is 23.8 Å². The number of aryl methyl sites for hydroxylation is 1. The highest BCUT2D eigenvalue weighted by molar-refractivity contribution is 5.84. The molecule has 4 heterocycles. The third kappa shape index (κ3) is 3.64. The number of aromatic nitrogens is 5. The summed E-state index contributed by atoms with van der Waals surface area (Å²) in [5, 5.41) is 8.35. The molecule has 2 saturated carbocycles. The van der Waals surface area contributed by atoms with Crippen LogP contribution in [-0.2, 0) is 25.2 Å². The Kier molecular flexibility index (Phi) is 5.02. The number of likely N-dealkylation sites (tertiary alicyclic amines) is 1. The summed E-state index contributed by atoms with van der Waals surface area (Å²) in [4.78, 5) is 18.9. The van der Waals surface area contributed by atoms with Crippen LogP contribution in [0.4, 0.5) is 13.2 Å². The van der Waals surface area contributed by atoms with E-state index in [1.165, 1.54) is 12.5 Å². The van der Waals surface area contributed by atoms with Crippen LogP contribution in [-0.4, -0.2) is 42.3 Å². The maximum atomic E-state index is 14.3. The van der Waals surface area contributed by atoms with Gasteiger partial charge in [0, 0.05) is 49.6 Å². The van der Waals surface area contributed by atoms with Crippen molar-refractivity contribution in [3.05, 3.63) is 75.9 Å². The lowest BCUT2D eigenvalue weighted by Crippen LogP contribution is -2.43. The predicted octanol–water partition coefficient (Wildman–Crippen LogP) is 4.63. The Labute approximate surface area is 217 Å². The number of halogens is 3. The number of alkyl halides is 3. The van der Waals surface area contributed by atoms with E-state index in [4.69, 9.17) is 0 Å². The highest BCUT2D eigenvalue weighted by Crippen LogP contribution is 2.51. The van der Waals surface area contributed by atoms with Crippen LogP contribution in [0.15, 0.2) is 47.7 Å². The Bertz CT molecular complexity index is 1600. The normalized spacial score (nSPS) is 27.0. The summed E-state index contributed by atoms with van der Waals surface area (Å²) in [5.41, 5.74) is 0.253. The number of hydrogen-bond acceptors (Lipinski definition) is 4. The highest BCUT2D eigenvalue weighted by Gasteiger charge is 2.48. The minimum atomic E-state index is -4.61. The number of hydrogen-bond donors (Lipinski definition) is 1. The van der Waals surface area contributed by atoms with Crippen LogP contribution in [0, 0.1) is 17.8 Å². The molecule has 198 valence electrons. The first-order valence-corrected chi connectivity index (χ1v) is 13.1. The Morgan fingerprint density at radius 3 is 2.58 bits per heavy atom. The molecule has 0 radical (unpaired) electrons. The van der Waals surface area contributed by atoms with Crippen molar-refractivity contribution in [1.82, 2.24) is 29.2 Å². The monoisotopic (exact) mass is 522 g/mol. The van der Waals surface area contributed by atoms with Crippen molar-refractivity contribution in [2.24, 2.45) is 24.8 Å². The van der Waals surface area contributed by atoms with Gasteiger partial charge in [-0.05, 0) is 60.8 Å². The maximum absolute atomic E-state index is 14.3. The molecule has 1 N–H and O–H groups in total. The smallest absolute Gasteiger partial charge is 0.353 e. The minimum Gasteiger partial charge on any atom is -0.353 e. The lowest BCUT2D eigenvalue weighted by Gasteiger charge is -2.46. The fourth-order valence-electron chi connectivity index (χ4n) is 6.98. The zero-order valence-electron chi connectivity index (χ0n) is 21.3. The van der Waals surface area contributed by atoms with Crippen molar-refractivity contribution in [3.63, 3.8) is 0 Å². The van der Waals surface area contributed by atoms with E-state index in [2.05, 4.69) is 27.0 Å². The van der Waals surface area contributed by atoms with Gasteiger partial charge in [0.2, 0.25) is 0 Å². The molecule has 1 aromatic carbocycles. The number of benzene rings is 1. The maximum Gasteiger partial charge on any atom is 0.418 e. The van der Waals surface area contributed by atoms with Crippen molar-refractivity contribution in [1.29, 1.82) is 0 Å². The molecule has 2 unspecified atom stereocenters. The molecule has 2 atom stereocenters. The van der Waals surface area contributed by atoms with Crippen LogP contribution >= 0.6 is 0 Å². The van der Waals surface area contributed by atoms with Crippen molar-refractivity contribution in [3.8, 4) is 5.69 Å². The fraction of sp³-hybridized carbons (Fsp3) is 0.464. The second kappa shape index (κ2) is 8.05. The summed E-state index contributed by atoms with van der Waals surface area (Å²) < 4.78 is 45.8. The Morgan fingerprint density at radius 2 is 1.92 bits per heavy atom. The number of fused-ring (bicyclic) bond motifs is 2. The zero-order chi connectivity index (χ0) is 26.4. The molecule has 0 amide bonds. The van der Waals surface area contributed by atoms with E-state index in [1.54, 1.807) is 18.5 Å². The topological polar surface area (TPSA) is 71.7 Å². The lowest BCUT2D eigenvalue weighted by atomic mass is 9.58. The summed E-state index contributed by atoms with van der Waals surface area (Å²) in [5.74, 6) is 2.74. The van der Waals surface area contributed by atoms with Gasteiger partial charge in [-0.25, -0.2) is 0 Å². The number of pyridine rings is 1. The number of H-pyrrole nitrogens is 1. The van der Waals surface area contributed by atoms with Crippen LogP contribution in [0.25, 0.3) is 16.6 Å². The van der Waals surface area contributed by atoms with E-state index in [1.807, 2.05) is 23.7 Å². The van der Waals surface area contributed by atoms with Gasteiger partial charge < -0.3 is 9.55 Å². The van der Waals surface area contributed by atoms with Crippen LogP contribution in [0.1, 0.15) is 48.8 Å². The standard InChI is InChI=1S/C28H29F3N6O/c1-16-9-27(10-16,26-34-32-15-35(26)2)19-4-3-5-21(7-19)37-14-23(28(29,30)31)22-8-20(33-24(22)25(37)38)13-36-11-17-6-18(17)12-36/h3-5,7-8,14-18,33H,6,9-13H2,1-2H3. The van der Waals surface area contributed by atoms with Gasteiger partial charge in [-0.1, -0.05) is 19.1 Å². The van der Waals surface area contributed by atoms with Crippen molar-refractivity contribution < 1.29 is 13.2 Å².